The molecule has 78 valence electrons. The Hall–Kier alpha value is -0.0800. The van der Waals surface area contributed by atoms with E-state index in [2.05, 4.69) is 20.8 Å². The van der Waals surface area contributed by atoms with Crippen LogP contribution in [0.1, 0.15) is 33.6 Å². The zero-order valence-corrected chi connectivity index (χ0v) is 9.21. The first-order chi connectivity index (χ1) is 6.00. The lowest BCUT2D eigenvalue weighted by Gasteiger charge is -2.30. The summed E-state index contributed by atoms with van der Waals surface area (Å²) in [5.74, 6) is 1.05. The van der Waals surface area contributed by atoms with Crippen molar-refractivity contribution in [2.24, 2.45) is 17.3 Å². The summed E-state index contributed by atoms with van der Waals surface area (Å²) in [7, 11) is 1.74. The van der Waals surface area contributed by atoms with Crippen molar-refractivity contribution in [2.75, 3.05) is 13.7 Å². The van der Waals surface area contributed by atoms with Crippen molar-refractivity contribution < 1.29 is 9.84 Å². The molecule has 0 aromatic heterocycles. The Morgan fingerprint density at radius 3 is 2.46 bits per heavy atom. The average molecular weight is 186 g/mol. The van der Waals surface area contributed by atoms with Gasteiger partial charge < -0.3 is 9.84 Å². The fourth-order valence-electron chi connectivity index (χ4n) is 2.61. The molecular formula is C11H22O2. The Balaban J connectivity index is 2.56. The molecule has 1 rings (SSSR count). The van der Waals surface area contributed by atoms with E-state index in [9.17, 15) is 5.11 Å². The van der Waals surface area contributed by atoms with Gasteiger partial charge in [-0.3, -0.25) is 0 Å². The number of aliphatic hydroxyl groups excluding tert-OH is 1. The monoisotopic (exact) mass is 186 g/mol. The maximum atomic E-state index is 9.95. The zero-order chi connectivity index (χ0) is 10.1. The van der Waals surface area contributed by atoms with Gasteiger partial charge in [0, 0.05) is 13.7 Å². The van der Waals surface area contributed by atoms with Crippen LogP contribution < -0.4 is 0 Å². The van der Waals surface area contributed by atoms with Gasteiger partial charge in [-0.1, -0.05) is 20.8 Å². The minimum absolute atomic E-state index is 0.0674. The lowest BCUT2D eigenvalue weighted by Crippen LogP contribution is -2.31. The molecule has 2 heteroatoms. The fraction of sp³-hybridized carbons (Fsp3) is 1.00. The Morgan fingerprint density at radius 2 is 2.08 bits per heavy atom. The summed E-state index contributed by atoms with van der Waals surface area (Å²) in [4.78, 5) is 0. The van der Waals surface area contributed by atoms with Gasteiger partial charge in [-0.2, -0.15) is 0 Å². The summed E-state index contributed by atoms with van der Waals surface area (Å²) < 4.78 is 5.09. The van der Waals surface area contributed by atoms with Crippen LogP contribution in [-0.4, -0.2) is 24.9 Å². The summed E-state index contributed by atoms with van der Waals surface area (Å²) in [5, 5.41) is 9.95. The van der Waals surface area contributed by atoms with Crippen LogP contribution in [0.2, 0.25) is 0 Å². The molecule has 1 N–H and O–H groups in total. The van der Waals surface area contributed by atoms with Crippen molar-refractivity contribution in [3.63, 3.8) is 0 Å². The summed E-state index contributed by atoms with van der Waals surface area (Å²) in [6, 6.07) is 0. The maximum absolute atomic E-state index is 9.95. The topological polar surface area (TPSA) is 29.5 Å². The average Bonchev–Trinajstić information content (AvgIpc) is 2.26. The van der Waals surface area contributed by atoms with Crippen LogP contribution in [0.5, 0.6) is 0 Å². The van der Waals surface area contributed by atoms with Gasteiger partial charge in [-0.25, -0.2) is 0 Å². The van der Waals surface area contributed by atoms with Crippen LogP contribution in [0.4, 0.5) is 0 Å². The molecule has 0 spiro atoms. The molecule has 1 saturated carbocycles. The van der Waals surface area contributed by atoms with Crippen LogP contribution >= 0.6 is 0 Å². The van der Waals surface area contributed by atoms with Crippen molar-refractivity contribution in [1.29, 1.82) is 0 Å². The second kappa shape index (κ2) is 3.97. The third-order valence-corrected chi connectivity index (χ3v) is 3.68. The summed E-state index contributed by atoms with van der Waals surface area (Å²) in [6.45, 7) is 7.29. The molecule has 1 aliphatic carbocycles. The van der Waals surface area contributed by atoms with Crippen LogP contribution in [0.25, 0.3) is 0 Å². The lowest BCUT2D eigenvalue weighted by molar-refractivity contribution is 0.0267. The standard InChI is InChI=1S/C11H22O2/c1-8-7-9(5-6-13-4)11(2,3)10(8)12/h8-10,12H,5-7H2,1-4H3/t8-,9-,10+/m0/s1. The Kier molecular flexibility index (Phi) is 3.36. The molecule has 0 aliphatic heterocycles. The van der Waals surface area contributed by atoms with Crippen molar-refractivity contribution in [2.45, 2.75) is 39.7 Å². The highest BCUT2D eigenvalue weighted by molar-refractivity contribution is 4.95. The number of ether oxygens (including phenoxy) is 1. The van der Waals surface area contributed by atoms with E-state index >= 15 is 0 Å². The Labute approximate surface area is 81.3 Å². The Morgan fingerprint density at radius 1 is 1.46 bits per heavy atom. The summed E-state index contributed by atoms with van der Waals surface area (Å²) in [5.41, 5.74) is 0.0674. The lowest BCUT2D eigenvalue weighted by atomic mass is 9.78. The van der Waals surface area contributed by atoms with Crippen molar-refractivity contribution >= 4 is 0 Å². The Bertz CT molecular complexity index is 165. The first-order valence-corrected chi connectivity index (χ1v) is 5.17. The largest absolute Gasteiger partial charge is 0.392 e. The van der Waals surface area contributed by atoms with E-state index in [1.165, 1.54) is 0 Å². The SMILES string of the molecule is COCC[C@H]1C[C@H](C)[C@@H](O)C1(C)C. The minimum Gasteiger partial charge on any atom is -0.392 e. The molecule has 0 aromatic rings. The molecule has 3 atom stereocenters. The van der Waals surface area contributed by atoms with Crippen LogP contribution in [0, 0.1) is 17.3 Å². The number of hydrogen-bond acceptors (Lipinski definition) is 2. The first-order valence-electron chi connectivity index (χ1n) is 5.17. The van der Waals surface area contributed by atoms with Crippen molar-refractivity contribution in [3.05, 3.63) is 0 Å². The molecule has 13 heavy (non-hydrogen) atoms. The normalized spacial score (nSPS) is 38.1. The van der Waals surface area contributed by atoms with Crippen LogP contribution in [0.15, 0.2) is 0 Å². The van der Waals surface area contributed by atoms with E-state index < -0.39 is 0 Å². The molecule has 0 saturated heterocycles. The number of aliphatic hydroxyl groups is 1. The van der Waals surface area contributed by atoms with Crippen molar-refractivity contribution in [3.8, 4) is 0 Å². The predicted octanol–water partition coefficient (Wildman–Crippen LogP) is 2.07. The van der Waals surface area contributed by atoms with Gasteiger partial charge in [0.2, 0.25) is 0 Å². The second-order valence-corrected chi connectivity index (χ2v) is 4.96. The summed E-state index contributed by atoms with van der Waals surface area (Å²) in [6.07, 6.45) is 2.07. The van der Waals surface area contributed by atoms with Gasteiger partial charge in [-0.05, 0) is 30.1 Å². The molecule has 2 nitrogen and oxygen atoms in total. The number of rotatable bonds is 3. The minimum atomic E-state index is -0.144. The van der Waals surface area contributed by atoms with E-state index in [1.807, 2.05) is 0 Å². The molecule has 0 amide bonds. The molecular weight excluding hydrogens is 164 g/mol. The summed E-state index contributed by atoms with van der Waals surface area (Å²) >= 11 is 0. The van der Waals surface area contributed by atoms with E-state index in [1.54, 1.807) is 7.11 Å². The predicted molar refractivity (Wildman–Crippen MR) is 53.6 cm³/mol. The van der Waals surface area contributed by atoms with Crippen molar-refractivity contribution in [1.82, 2.24) is 0 Å². The highest BCUT2D eigenvalue weighted by Crippen LogP contribution is 2.47. The van der Waals surface area contributed by atoms with E-state index in [-0.39, 0.29) is 11.5 Å². The smallest absolute Gasteiger partial charge is 0.0619 e. The van der Waals surface area contributed by atoms with E-state index in [0.717, 1.165) is 19.4 Å². The van der Waals surface area contributed by atoms with E-state index in [4.69, 9.17) is 4.74 Å². The molecule has 0 radical (unpaired) electrons. The zero-order valence-electron chi connectivity index (χ0n) is 9.21. The molecule has 0 aromatic carbocycles. The van der Waals surface area contributed by atoms with Crippen LogP contribution in [0.3, 0.4) is 0 Å². The third kappa shape index (κ3) is 2.05. The third-order valence-electron chi connectivity index (χ3n) is 3.68. The molecule has 1 fully saturated rings. The highest BCUT2D eigenvalue weighted by Gasteiger charge is 2.45. The van der Waals surface area contributed by atoms with Gasteiger partial charge in [0.1, 0.15) is 0 Å². The van der Waals surface area contributed by atoms with Gasteiger partial charge in [-0.15, -0.1) is 0 Å². The van der Waals surface area contributed by atoms with E-state index in [0.29, 0.717) is 11.8 Å². The van der Waals surface area contributed by atoms with Gasteiger partial charge in [0.25, 0.3) is 0 Å². The molecule has 1 aliphatic rings. The van der Waals surface area contributed by atoms with Gasteiger partial charge >= 0.3 is 0 Å². The number of hydrogen-bond donors (Lipinski definition) is 1. The maximum Gasteiger partial charge on any atom is 0.0619 e. The highest BCUT2D eigenvalue weighted by atomic mass is 16.5. The molecule has 0 bridgehead atoms. The molecule has 0 heterocycles. The van der Waals surface area contributed by atoms with Gasteiger partial charge in [0.05, 0.1) is 6.10 Å². The quantitative estimate of drug-likeness (QED) is 0.731. The number of methoxy groups -OCH3 is 1. The van der Waals surface area contributed by atoms with Gasteiger partial charge in [0.15, 0.2) is 0 Å². The fourth-order valence-corrected chi connectivity index (χ4v) is 2.61. The molecule has 0 unspecified atom stereocenters. The second-order valence-electron chi connectivity index (χ2n) is 4.96. The van der Waals surface area contributed by atoms with Crippen LogP contribution in [-0.2, 0) is 4.74 Å². The first kappa shape index (κ1) is 11.0.